The van der Waals surface area contributed by atoms with Crippen LogP contribution in [0.15, 0.2) is 271 Å². The fraction of sp³-hybridized carbons (Fsp3) is 0.0149. The molecular formula is C67H44N2O. The lowest BCUT2D eigenvalue weighted by atomic mass is 9.67. The van der Waals surface area contributed by atoms with Gasteiger partial charge in [-0.1, -0.05) is 206 Å². The lowest BCUT2D eigenvalue weighted by molar-refractivity contribution is 0.669. The van der Waals surface area contributed by atoms with E-state index < -0.39 is 5.41 Å². The number of rotatable bonds is 8. The van der Waals surface area contributed by atoms with Crippen LogP contribution >= 0.6 is 0 Å². The zero-order chi connectivity index (χ0) is 46.2. The van der Waals surface area contributed by atoms with Gasteiger partial charge in [0, 0.05) is 33.1 Å². The molecular weight excluding hydrogens is 849 g/mol. The summed E-state index contributed by atoms with van der Waals surface area (Å²) in [6.45, 7) is 0. The van der Waals surface area contributed by atoms with Crippen molar-refractivity contribution in [3.8, 4) is 39.1 Å². The average Bonchev–Trinajstić information content (AvgIpc) is 4.09. The number of fused-ring (bicyclic) bond motifs is 9. The van der Waals surface area contributed by atoms with Gasteiger partial charge in [-0.3, -0.25) is 0 Å². The van der Waals surface area contributed by atoms with E-state index in [2.05, 4.69) is 270 Å². The van der Waals surface area contributed by atoms with Crippen molar-refractivity contribution in [2.75, 3.05) is 4.90 Å². The smallest absolute Gasteiger partial charge is 0.137 e. The van der Waals surface area contributed by atoms with E-state index in [1.165, 1.54) is 66.3 Å². The van der Waals surface area contributed by atoms with Crippen molar-refractivity contribution in [1.82, 2.24) is 4.57 Å². The van der Waals surface area contributed by atoms with Gasteiger partial charge in [-0.25, -0.2) is 0 Å². The Bertz CT molecular complexity index is 4020. The Hall–Kier alpha value is -9.18. The van der Waals surface area contributed by atoms with Gasteiger partial charge in [0.1, 0.15) is 11.2 Å². The van der Waals surface area contributed by atoms with E-state index in [0.29, 0.717) is 0 Å². The first-order chi connectivity index (χ1) is 34.7. The topological polar surface area (TPSA) is 21.3 Å². The Morgan fingerprint density at radius 3 is 1.56 bits per heavy atom. The van der Waals surface area contributed by atoms with Crippen molar-refractivity contribution < 1.29 is 4.42 Å². The van der Waals surface area contributed by atoms with Gasteiger partial charge in [0.15, 0.2) is 0 Å². The zero-order valence-electron chi connectivity index (χ0n) is 38.2. The van der Waals surface area contributed by atoms with Gasteiger partial charge in [0.2, 0.25) is 0 Å². The SMILES string of the molecule is c1ccc(C2(c3ccccc3)c3ccccc3-c3ccc(N(c4ccc(-c5ccc(-c6ccccc6-n6c7ccccc7c7ccccc76)cc5)cc4)c4cccc5oc6ccccc6c45)cc32)cc1. The Balaban J connectivity index is 0.904. The minimum absolute atomic E-state index is 0.537. The Labute approximate surface area is 406 Å². The fourth-order valence-electron chi connectivity index (χ4n) is 11.7. The summed E-state index contributed by atoms with van der Waals surface area (Å²) in [6, 6.07) is 97.2. The lowest BCUT2D eigenvalue weighted by Crippen LogP contribution is -2.28. The van der Waals surface area contributed by atoms with Gasteiger partial charge in [-0.15, -0.1) is 0 Å². The third-order valence-electron chi connectivity index (χ3n) is 14.7. The quantitative estimate of drug-likeness (QED) is 0.152. The molecule has 1 aliphatic carbocycles. The van der Waals surface area contributed by atoms with Gasteiger partial charge in [-0.05, 0) is 111 Å². The molecule has 0 saturated carbocycles. The predicted molar refractivity (Wildman–Crippen MR) is 291 cm³/mol. The molecule has 0 spiro atoms. The van der Waals surface area contributed by atoms with Crippen LogP contribution < -0.4 is 4.90 Å². The van der Waals surface area contributed by atoms with Crippen LogP contribution in [0.1, 0.15) is 22.3 Å². The van der Waals surface area contributed by atoms with Crippen molar-refractivity contribution in [1.29, 1.82) is 0 Å². The first-order valence-corrected chi connectivity index (χ1v) is 24.1. The highest BCUT2D eigenvalue weighted by atomic mass is 16.3. The minimum atomic E-state index is -0.537. The Morgan fingerprint density at radius 1 is 0.343 bits per heavy atom. The Morgan fingerprint density at radius 2 is 0.857 bits per heavy atom. The molecule has 0 atom stereocenters. The molecule has 0 fully saturated rings. The van der Waals surface area contributed by atoms with E-state index >= 15 is 0 Å². The molecule has 14 rings (SSSR count). The fourth-order valence-corrected chi connectivity index (χ4v) is 11.7. The van der Waals surface area contributed by atoms with Crippen molar-refractivity contribution >= 4 is 60.8 Å². The van der Waals surface area contributed by atoms with Crippen LogP contribution in [0.5, 0.6) is 0 Å². The van der Waals surface area contributed by atoms with E-state index in [0.717, 1.165) is 55.8 Å². The number of furan rings is 1. The Kier molecular flexibility index (Phi) is 9.11. The number of hydrogen-bond donors (Lipinski definition) is 0. The largest absolute Gasteiger partial charge is 0.456 e. The molecule has 328 valence electrons. The molecule has 0 unspecified atom stereocenters. The van der Waals surface area contributed by atoms with Crippen LogP contribution in [0.4, 0.5) is 17.1 Å². The van der Waals surface area contributed by atoms with E-state index in [1.54, 1.807) is 0 Å². The molecule has 0 radical (unpaired) electrons. The van der Waals surface area contributed by atoms with Gasteiger partial charge in [-0.2, -0.15) is 0 Å². The highest BCUT2D eigenvalue weighted by Crippen LogP contribution is 2.57. The molecule has 13 aromatic rings. The first kappa shape index (κ1) is 39.9. The van der Waals surface area contributed by atoms with Crippen molar-refractivity contribution in [3.63, 3.8) is 0 Å². The van der Waals surface area contributed by atoms with Crippen LogP contribution in [0, 0.1) is 0 Å². The molecule has 70 heavy (non-hydrogen) atoms. The van der Waals surface area contributed by atoms with Crippen molar-refractivity contribution in [2.24, 2.45) is 0 Å². The summed E-state index contributed by atoms with van der Waals surface area (Å²) < 4.78 is 8.95. The van der Waals surface area contributed by atoms with Crippen molar-refractivity contribution in [2.45, 2.75) is 5.41 Å². The zero-order valence-corrected chi connectivity index (χ0v) is 38.2. The number of benzene rings is 11. The molecule has 0 bridgehead atoms. The number of hydrogen-bond acceptors (Lipinski definition) is 2. The second-order valence-corrected chi connectivity index (χ2v) is 18.4. The van der Waals surface area contributed by atoms with Crippen LogP contribution in [-0.4, -0.2) is 4.57 Å². The maximum absolute atomic E-state index is 6.54. The number of aromatic nitrogens is 1. The van der Waals surface area contributed by atoms with E-state index in [4.69, 9.17) is 4.42 Å². The molecule has 2 aromatic heterocycles. The van der Waals surface area contributed by atoms with E-state index in [-0.39, 0.29) is 0 Å². The second kappa shape index (κ2) is 16.0. The summed E-state index contributed by atoms with van der Waals surface area (Å²) in [7, 11) is 0. The first-order valence-electron chi connectivity index (χ1n) is 24.1. The summed E-state index contributed by atoms with van der Waals surface area (Å²) in [5.74, 6) is 0. The van der Waals surface area contributed by atoms with Crippen LogP contribution in [-0.2, 0) is 5.41 Å². The lowest BCUT2D eigenvalue weighted by Gasteiger charge is -2.35. The third-order valence-corrected chi connectivity index (χ3v) is 14.7. The van der Waals surface area contributed by atoms with Gasteiger partial charge < -0.3 is 13.9 Å². The molecule has 0 N–H and O–H groups in total. The second-order valence-electron chi connectivity index (χ2n) is 18.4. The average molecular weight is 893 g/mol. The summed E-state index contributed by atoms with van der Waals surface area (Å²) in [5.41, 5.74) is 20.2. The molecule has 0 saturated heterocycles. The van der Waals surface area contributed by atoms with E-state index in [1.807, 2.05) is 6.07 Å². The summed E-state index contributed by atoms with van der Waals surface area (Å²) in [6.07, 6.45) is 0. The molecule has 0 amide bonds. The van der Waals surface area contributed by atoms with Gasteiger partial charge >= 0.3 is 0 Å². The van der Waals surface area contributed by atoms with Gasteiger partial charge in [0.05, 0.1) is 33.2 Å². The maximum atomic E-state index is 6.54. The standard InChI is InChI=1S/C67H44N2O/c1-3-18-48(19-4-1)67(49-20-5-2-6-21-49)58-27-12-7-23-53(58)54-43-42-51(44-59(54)67)68(63-31-17-33-65-66(63)57-26-11-16-32-64(57)70-65)50-40-38-46(39-41-50)45-34-36-47(37-35-45)52-22-8-13-28-60(52)69-61-29-14-9-24-55(61)56-25-10-15-30-62(56)69/h1-44H. The maximum Gasteiger partial charge on any atom is 0.137 e. The molecule has 3 heteroatoms. The number of para-hydroxylation sites is 4. The summed E-state index contributed by atoms with van der Waals surface area (Å²) in [5, 5.41) is 4.69. The monoisotopic (exact) mass is 892 g/mol. The normalized spacial score (nSPS) is 12.7. The predicted octanol–water partition coefficient (Wildman–Crippen LogP) is 17.8. The number of anilines is 3. The minimum Gasteiger partial charge on any atom is -0.456 e. The third kappa shape index (κ3) is 6.01. The summed E-state index contributed by atoms with van der Waals surface area (Å²) in [4.78, 5) is 2.42. The molecule has 11 aromatic carbocycles. The van der Waals surface area contributed by atoms with Crippen LogP contribution in [0.3, 0.4) is 0 Å². The summed E-state index contributed by atoms with van der Waals surface area (Å²) >= 11 is 0. The molecule has 2 heterocycles. The van der Waals surface area contributed by atoms with Crippen molar-refractivity contribution in [3.05, 3.63) is 289 Å². The molecule has 0 aliphatic heterocycles. The van der Waals surface area contributed by atoms with Gasteiger partial charge in [0.25, 0.3) is 0 Å². The molecule has 3 nitrogen and oxygen atoms in total. The van der Waals surface area contributed by atoms with Crippen LogP contribution in [0.25, 0.3) is 82.8 Å². The van der Waals surface area contributed by atoms with E-state index in [9.17, 15) is 0 Å². The highest BCUT2D eigenvalue weighted by molar-refractivity contribution is 6.14. The van der Waals surface area contributed by atoms with Crippen LogP contribution in [0.2, 0.25) is 0 Å². The highest BCUT2D eigenvalue weighted by Gasteiger charge is 2.46. The number of nitrogens with zero attached hydrogens (tertiary/aromatic N) is 2. The molecule has 1 aliphatic rings.